The van der Waals surface area contributed by atoms with Crippen molar-refractivity contribution in [1.29, 1.82) is 0 Å². The lowest BCUT2D eigenvalue weighted by atomic mass is 10.1. The Morgan fingerprint density at radius 1 is 1.29 bits per heavy atom. The summed E-state index contributed by atoms with van der Waals surface area (Å²) in [5.41, 5.74) is 2.55. The minimum Gasteiger partial charge on any atom is -0.392 e. The lowest BCUT2D eigenvalue weighted by molar-refractivity contribution is 0.0668. The largest absolute Gasteiger partial charge is 0.392 e. The zero-order valence-corrected chi connectivity index (χ0v) is 10.8. The van der Waals surface area contributed by atoms with Crippen molar-refractivity contribution in [3.63, 3.8) is 0 Å². The van der Waals surface area contributed by atoms with Gasteiger partial charge in [0.2, 0.25) is 0 Å². The molecular weight excluding hydrogens is 212 g/mol. The van der Waals surface area contributed by atoms with Gasteiger partial charge in [-0.15, -0.1) is 0 Å². The van der Waals surface area contributed by atoms with E-state index in [4.69, 9.17) is 0 Å². The van der Waals surface area contributed by atoms with Crippen molar-refractivity contribution in [3.05, 3.63) is 29.8 Å². The molecule has 1 atom stereocenters. The van der Waals surface area contributed by atoms with E-state index in [9.17, 15) is 5.11 Å². The smallest absolute Gasteiger partial charge is 0.0667 e. The van der Waals surface area contributed by atoms with E-state index in [1.807, 2.05) is 0 Å². The number of hydrogen-bond acceptors (Lipinski definition) is 3. The molecule has 1 aromatic rings. The van der Waals surface area contributed by atoms with E-state index >= 15 is 0 Å². The summed E-state index contributed by atoms with van der Waals surface area (Å²) in [5.74, 6) is 0. The summed E-state index contributed by atoms with van der Waals surface area (Å²) in [6, 6.07) is 8.65. The number of aliphatic hydroxyl groups is 1. The van der Waals surface area contributed by atoms with E-state index in [1.165, 1.54) is 11.3 Å². The molecule has 0 unspecified atom stereocenters. The fourth-order valence-electron chi connectivity index (χ4n) is 2.33. The Kier molecular flexibility index (Phi) is 4.02. The van der Waals surface area contributed by atoms with Crippen molar-refractivity contribution in [2.45, 2.75) is 25.5 Å². The first kappa shape index (κ1) is 12.4. The molecule has 3 heteroatoms. The number of aliphatic hydroxyl groups excluding tert-OH is 1. The highest BCUT2D eigenvalue weighted by atomic mass is 16.3. The second kappa shape index (κ2) is 5.52. The molecule has 0 saturated carbocycles. The lowest BCUT2D eigenvalue weighted by Gasteiger charge is -2.30. The maximum Gasteiger partial charge on any atom is 0.0667 e. The van der Waals surface area contributed by atoms with Gasteiger partial charge in [0.05, 0.1) is 6.10 Å². The molecule has 3 nitrogen and oxygen atoms in total. The first-order valence-corrected chi connectivity index (χ1v) is 6.32. The Morgan fingerprint density at radius 3 is 2.59 bits per heavy atom. The van der Waals surface area contributed by atoms with Crippen molar-refractivity contribution in [2.75, 3.05) is 32.1 Å². The Bertz CT molecular complexity index is 348. The van der Waals surface area contributed by atoms with Crippen LogP contribution in [0.15, 0.2) is 24.3 Å². The molecule has 1 saturated heterocycles. The van der Waals surface area contributed by atoms with E-state index in [2.05, 4.69) is 48.2 Å². The van der Waals surface area contributed by atoms with Gasteiger partial charge in [-0.25, -0.2) is 0 Å². The molecule has 0 aromatic heterocycles. The predicted molar refractivity (Wildman–Crippen MR) is 71.3 cm³/mol. The monoisotopic (exact) mass is 234 g/mol. The van der Waals surface area contributed by atoms with Gasteiger partial charge in [0.25, 0.3) is 0 Å². The zero-order chi connectivity index (χ0) is 12.3. The van der Waals surface area contributed by atoms with Gasteiger partial charge >= 0.3 is 0 Å². The number of benzene rings is 1. The number of β-amino-alcohol motifs (C(OH)–C–C–N with tert-alkyl or cyclic N) is 1. The molecule has 0 spiro atoms. The predicted octanol–water partition coefficient (Wildman–Crippen LogP) is 1.71. The first-order chi connectivity index (χ1) is 8.15. The van der Waals surface area contributed by atoms with Crippen LogP contribution >= 0.6 is 0 Å². The van der Waals surface area contributed by atoms with Crippen LogP contribution in [0.1, 0.15) is 18.4 Å². The summed E-state index contributed by atoms with van der Waals surface area (Å²) >= 11 is 0. The number of piperidine rings is 1. The van der Waals surface area contributed by atoms with Crippen LogP contribution in [0, 0.1) is 0 Å². The molecule has 0 aliphatic carbocycles. The number of rotatable bonds is 3. The van der Waals surface area contributed by atoms with Crippen LogP contribution < -0.4 is 4.90 Å². The molecule has 2 rings (SSSR count). The molecule has 0 radical (unpaired) electrons. The molecule has 1 N–H and O–H groups in total. The molecule has 1 heterocycles. The van der Waals surface area contributed by atoms with Crippen molar-refractivity contribution >= 4 is 5.69 Å². The molecule has 1 fully saturated rings. The highest BCUT2D eigenvalue weighted by Gasteiger charge is 2.17. The topological polar surface area (TPSA) is 26.7 Å². The second-order valence-electron chi connectivity index (χ2n) is 5.09. The SMILES string of the molecule is CN(C)c1ccc(CN2CCC[C@H](O)C2)cc1. The molecule has 0 amide bonds. The van der Waals surface area contributed by atoms with E-state index in [0.717, 1.165) is 32.5 Å². The van der Waals surface area contributed by atoms with Crippen molar-refractivity contribution in [2.24, 2.45) is 0 Å². The zero-order valence-electron chi connectivity index (χ0n) is 10.8. The quantitative estimate of drug-likeness (QED) is 0.862. The third kappa shape index (κ3) is 3.45. The van der Waals surface area contributed by atoms with Gasteiger partial charge < -0.3 is 10.0 Å². The number of likely N-dealkylation sites (tertiary alicyclic amines) is 1. The van der Waals surface area contributed by atoms with E-state index in [1.54, 1.807) is 0 Å². The summed E-state index contributed by atoms with van der Waals surface area (Å²) in [4.78, 5) is 4.44. The van der Waals surface area contributed by atoms with Gasteiger partial charge in [-0.1, -0.05) is 12.1 Å². The van der Waals surface area contributed by atoms with Crippen molar-refractivity contribution in [3.8, 4) is 0 Å². The van der Waals surface area contributed by atoms with Crippen LogP contribution in [0.4, 0.5) is 5.69 Å². The number of nitrogens with zero attached hydrogens (tertiary/aromatic N) is 2. The number of hydrogen-bond donors (Lipinski definition) is 1. The molecule has 0 bridgehead atoms. The van der Waals surface area contributed by atoms with Gasteiger partial charge in [0.1, 0.15) is 0 Å². The molecule has 1 aliphatic heterocycles. The molecule has 1 aliphatic rings. The summed E-state index contributed by atoms with van der Waals surface area (Å²) in [7, 11) is 4.10. The van der Waals surface area contributed by atoms with Crippen LogP contribution in [0.3, 0.4) is 0 Å². The number of anilines is 1. The van der Waals surface area contributed by atoms with Gasteiger partial charge in [-0.3, -0.25) is 4.90 Å². The summed E-state index contributed by atoms with van der Waals surface area (Å²) in [6.45, 7) is 2.87. The Labute approximate surface area is 104 Å². The minimum atomic E-state index is -0.134. The molecule has 94 valence electrons. The van der Waals surface area contributed by atoms with E-state index < -0.39 is 0 Å². The highest BCUT2D eigenvalue weighted by Crippen LogP contribution is 2.16. The van der Waals surface area contributed by atoms with Crippen molar-refractivity contribution in [1.82, 2.24) is 4.90 Å². The summed E-state index contributed by atoms with van der Waals surface area (Å²) in [5, 5.41) is 9.63. The maximum absolute atomic E-state index is 9.63. The fourth-order valence-corrected chi connectivity index (χ4v) is 2.33. The van der Waals surface area contributed by atoms with Crippen LogP contribution in [-0.4, -0.2) is 43.3 Å². The van der Waals surface area contributed by atoms with E-state index in [0.29, 0.717) is 0 Å². The van der Waals surface area contributed by atoms with Crippen molar-refractivity contribution < 1.29 is 5.11 Å². The second-order valence-corrected chi connectivity index (χ2v) is 5.09. The Hall–Kier alpha value is -1.06. The van der Waals surface area contributed by atoms with Crippen LogP contribution in [0.25, 0.3) is 0 Å². The van der Waals surface area contributed by atoms with E-state index in [-0.39, 0.29) is 6.10 Å². The minimum absolute atomic E-state index is 0.134. The van der Waals surface area contributed by atoms with Gasteiger partial charge in [-0.2, -0.15) is 0 Å². The lowest BCUT2D eigenvalue weighted by Crippen LogP contribution is -2.37. The molecule has 17 heavy (non-hydrogen) atoms. The Morgan fingerprint density at radius 2 is 2.00 bits per heavy atom. The maximum atomic E-state index is 9.63. The fraction of sp³-hybridized carbons (Fsp3) is 0.571. The summed E-state index contributed by atoms with van der Waals surface area (Å²) < 4.78 is 0. The standard InChI is InChI=1S/C14H22N2O/c1-15(2)13-7-5-12(6-8-13)10-16-9-3-4-14(17)11-16/h5-8,14,17H,3-4,9-11H2,1-2H3/t14-/m0/s1. The molecular formula is C14H22N2O. The van der Waals surface area contributed by atoms with Crippen LogP contribution in [0.2, 0.25) is 0 Å². The van der Waals surface area contributed by atoms with Gasteiger partial charge in [-0.05, 0) is 37.1 Å². The third-order valence-corrected chi connectivity index (χ3v) is 3.34. The van der Waals surface area contributed by atoms with Gasteiger partial charge in [0.15, 0.2) is 0 Å². The summed E-state index contributed by atoms with van der Waals surface area (Å²) in [6.07, 6.45) is 1.93. The van der Waals surface area contributed by atoms with Gasteiger partial charge in [0, 0.05) is 32.9 Å². The third-order valence-electron chi connectivity index (χ3n) is 3.34. The van der Waals surface area contributed by atoms with Crippen LogP contribution in [0.5, 0.6) is 0 Å². The average Bonchev–Trinajstić information content (AvgIpc) is 2.29. The Balaban J connectivity index is 1.94. The average molecular weight is 234 g/mol. The first-order valence-electron chi connectivity index (χ1n) is 6.32. The van der Waals surface area contributed by atoms with Crippen LogP contribution in [-0.2, 0) is 6.54 Å². The normalized spacial score (nSPS) is 21.5. The highest BCUT2D eigenvalue weighted by molar-refractivity contribution is 5.45. The molecule has 1 aromatic carbocycles.